The van der Waals surface area contributed by atoms with Crippen LogP contribution in [0.5, 0.6) is 0 Å². The first-order valence-corrected chi connectivity index (χ1v) is 6.36. The van der Waals surface area contributed by atoms with Gasteiger partial charge >= 0.3 is 0 Å². The van der Waals surface area contributed by atoms with E-state index in [2.05, 4.69) is 10.3 Å². The van der Waals surface area contributed by atoms with Gasteiger partial charge in [0.2, 0.25) is 5.91 Å². The van der Waals surface area contributed by atoms with Crippen LogP contribution in [0.2, 0.25) is 0 Å². The van der Waals surface area contributed by atoms with Crippen molar-refractivity contribution in [2.24, 2.45) is 5.73 Å². The zero-order valence-electron chi connectivity index (χ0n) is 10.6. The summed E-state index contributed by atoms with van der Waals surface area (Å²) in [6.45, 7) is 1.49. The molecule has 1 saturated heterocycles. The number of nitrogens with two attached hydrogens (primary N) is 1. The van der Waals surface area contributed by atoms with Crippen LogP contribution in [-0.4, -0.2) is 48.7 Å². The minimum Gasteiger partial charge on any atom is -0.388 e. The zero-order chi connectivity index (χ0) is 13.8. The number of pyridine rings is 1. The summed E-state index contributed by atoms with van der Waals surface area (Å²) < 4.78 is 5.37. The predicted octanol–water partition coefficient (Wildman–Crippen LogP) is -0.333. The SMILES string of the molecule is CNC(=O)C1COCCN1c1cccnc1C(N)=S. The van der Waals surface area contributed by atoms with Crippen LogP contribution < -0.4 is 16.0 Å². The number of anilines is 1. The third-order valence-electron chi connectivity index (χ3n) is 3.01. The predicted molar refractivity (Wildman–Crippen MR) is 76.1 cm³/mol. The number of hydrogen-bond donors (Lipinski definition) is 2. The number of hydrogen-bond acceptors (Lipinski definition) is 5. The highest BCUT2D eigenvalue weighted by Gasteiger charge is 2.30. The van der Waals surface area contributed by atoms with E-state index >= 15 is 0 Å². The number of nitrogens with one attached hydrogen (secondary N) is 1. The number of carbonyl (C=O) groups excluding carboxylic acids is 1. The molecule has 1 unspecified atom stereocenters. The maximum Gasteiger partial charge on any atom is 0.244 e. The van der Waals surface area contributed by atoms with Gasteiger partial charge in [-0.1, -0.05) is 12.2 Å². The largest absolute Gasteiger partial charge is 0.388 e. The third-order valence-corrected chi connectivity index (χ3v) is 3.20. The highest BCUT2D eigenvalue weighted by atomic mass is 32.1. The molecule has 1 atom stereocenters. The van der Waals surface area contributed by atoms with Crippen molar-refractivity contribution in [3.63, 3.8) is 0 Å². The summed E-state index contributed by atoms with van der Waals surface area (Å²) in [7, 11) is 1.60. The van der Waals surface area contributed by atoms with Crippen molar-refractivity contribution in [2.75, 3.05) is 31.7 Å². The molecule has 6 nitrogen and oxygen atoms in total. The van der Waals surface area contributed by atoms with Gasteiger partial charge < -0.3 is 20.7 Å². The van der Waals surface area contributed by atoms with Crippen molar-refractivity contribution in [3.05, 3.63) is 24.0 Å². The molecule has 7 heteroatoms. The molecular weight excluding hydrogens is 264 g/mol. The van der Waals surface area contributed by atoms with Gasteiger partial charge in [0.1, 0.15) is 16.7 Å². The summed E-state index contributed by atoms with van der Waals surface area (Å²) in [5.74, 6) is -0.0996. The fourth-order valence-electron chi connectivity index (χ4n) is 2.09. The lowest BCUT2D eigenvalue weighted by Crippen LogP contribution is -2.53. The van der Waals surface area contributed by atoms with Crippen molar-refractivity contribution in [1.29, 1.82) is 0 Å². The molecule has 1 fully saturated rings. The molecule has 1 aromatic rings. The summed E-state index contributed by atoms with van der Waals surface area (Å²) >= 11 is 5.01. The minimum absolute atomic E-state index is 0.0996. The maximum absolute atomic E-state index is 11.9. The summed E-state index contributed by atoms with van der Waals surface area (Å²) in [6.07, 6.45) is 1.63. The van der Waals surface area contributed by atoms with Crippen LogP contribution in [0.3, 0.4) is 0 Å². The highest BCUT2D eigenvalue weighted by Crippen LogP contribution is 2.22. The van der Waals surface area contributed by atoms with Crippen LogP contribution in [0, 0.1) is 0 Å². The van der Waals surface area contributed by atoms with Crippen molar-refractivity contribution in [2.45, 2.75) is 6.04 Å². The Balaban J connectivity index is 2.37. The number of amides is 1. The molecule has 3 N–H and O–H groups in total. The average Bonchev–Trinajstić information content (AvgIpc) is 2.46. The quantitative estimate of drug-likeness (QED) is 0.738. The number of aromatic nitrogens is 1. The molecule has 0 bridgehead atoms. The summed E-state index contributed by atoms with van der Waals surface area (Å²) in [5.41, 5.74) is 6.99. The van der Waals surface area contributed by atoms with Crippen LogP contribution in [0.1, 0.15) is 5.69 Å². The Morgan fingerprint density at radius 1 is 1.68 bits per heavy atom. The van der Waals surface area contributed by atoms with E-state index in [4.69, 9.17) is 22.7 Å². The smallest absolute Gasteiger partial charge is 0.244 e. The monoisotopic (exact) mass is 280 g/mol. The lowest BCUT2D eigenvalue weighted by Gasteiger charge is -2.36. The Kier molecular flexibility index (Phi) is 4.28. The normalized spacial score (nSPS) is 19.0. The molecule has 0 spiro atoms. The number of carbonyl (C=O) groups is 1. The number of likely N-dealkylation sites (N-methyl/N-ethyl adjacent to an activating group) is 1. The lowest BCUT2D eigenvalue weighted by atomic mass is 10.1. The van der Waals surface area contributed by atoms with Gasteiger partial charge in [0, 0.05) is 19.8 Å². The summed E-state index contributed by atoms with van der Waals surface area (Å²) in [6, 6.07) is 3.27. The van der Waals surface area contributed by atoms with E-state index in [1.807, 2.05) is 11.0 Å². The molecule has 102 valence electrons. The van der Waals surface area contributed by atoms with Crippen LogP contribution in [0.15, 0.2) is 18.3 Å². The van der Waals surface area contributed by atoms with Gasteiger partial charge in [-0.25, -0.2) is 0 Å². The summed E-state index contributed by atoms with van der Waals surface area (Å²) in [5, 5.41) is 2.64. The molecule has 2 rings (SSSR count). The molecule has 2 heterocycles. The van der Waals surface area contributed by atoms with Crippen LogP contribution >= 0.6 is 12.2 Å². The van der Waals surface area contributed by atoms with Crippen molar-refractivity contribution >= 4 is 28.8 Å². The van der Waals surface area contributed by atoms with E-state index in [1.165, 1.54) is 0 Å². The van der Waals surface area contributed by atoms with Gasteiger partial charge in [-0.05, 0) is 12.1 Å². The Bertz CT molecular complexity index is 494. The number of nitrogens with zero attached hydrogens (tertiary/aromatic N) is 2. The number of morpholine rings is 1. The first-order chi connectivity index (χ1) is 9.15. The molecular formula is C12H16N4O2S. The van der Waals surface area contributed by atoms with Crippen LogP contribution in [0.25, 0.3) is 0 Å². The van der Waals surface area contributed by atoms with Gasteiger partial charge in [-0.3, -0.25) is 9.78 Å². The molecule has 1 aliphatic heterocycles. The van der Waals surface area contributed by atoms with E-state index in [9.17, 15) is 4.79 Å². The van der Waals surface area contributed by atoms with Crippen molar-refractivity contribution in [1.82, 2.24) is 10.3 Å². The second-order valence-corrected chi connectivity index (χ2v) is 4.57. The Labute approximate surface area is 116 Å². The zero-order valence-corrected chi connectivity index (χ0v) is 11.4. The molecule has 0 radical (unpaired) electrons. The van der Waals surface area contributed by atoms with Crippen molar-refractivity contribution < 1.29 is 9.53 Å². The Morgan fingerprint density at radius 3 is 3.16 bits per heavy atom. The standard InChI is InChI=1S/C12H16N4O2S/c1-14-12(17)9-7-18-6-5-16(9)8-3-2-4-15-10(8)11(13)19/h2-4,9H,5-7H2,1H3,(H2,13,19)(H,14,17). The maximum atomic E-state index is 11.9. The first-order valence-electron chi connectivity index (χ1n) is 5.96. The average molecular weight is 280 g/mol. The van der Waals surface area contributed by atoms with E-state index in [0.717, 1.165) is 5.69 Å². The van der Waals surface area contributed by atoms with Crippen LogP contribution in [-0.2, 0) is 9.53 Å². The third kappa shape index (κ3) is 2.82. The fourth-order valence-corrected chi connectivity index (χ4v) is 2.25. The Hall–Kier alpha value is -1.73. The molecule has 1 amide bonds. The molecule has 0 saturated carbocycles. The van der Waals surface area contributed by atoms with Gasteiger partial charge in [-0.2, -0.15) is 0 Å². The van der Waals surface area contributed by atoms with Gasteiger partial charge in [-0.15, -0.1) is 0 Å². The topological polar surface area (TPSA) is 80.5 Å². The number of ether oxygens (including phenoxy) is 1. The first kappa shape index (κ1) is 13.7. The molecule has 0 aromatic carbocycles. The van der Waals surface area contributed by atoms with E-state index in [1.54, 1.807) is 19.3 Å². The minimum atomic E-state index is -0.393. The molecule has 0 aliphatic carbocycles. The van der Waals surface area contributed by atoms with E-state index in [-0.39, 0.29) is 10.9 Å². The van der Waals surface area contributed by atoms with Gasteiger partial charge in [0.25, 0.3) is 0 Å². The molecule has 1 aromatic heterocycles. The van der Waals surface area contributed by atoms with E-state index < -0.39 is 6.04 Å². The van der Waals surface area contributed by atoms with Gasteiger partial charge in [0.15, 0.2) is 0 Å². The van der Waals surface area contributed by atoms with E-state index in [0.29, 0.717) is 25.5 Å². The highest BCUT2D eigenvalue weighted by molar-refractivity contribution is 7.80. The lowest BCUT2D eigenvalue weighted by molar-refractivity contribution is -0.124. The second-order valence-electron chi connectivity index (χ2n) is 4.13. The summed E-state index contributed by atoms with van der Waals surface area (Å²) in [4.78, 5) is 18.3. The van der Waals surface area contributed by atoms with Crippen molar-refractivity contribution in [3.8, 4) is 0 Å². The van der Waals surface area contributed by atoms with Gasteiger partial charge in [0.05, 0.1) is 18.9 Å². The Morgan fingerprint density at radius 2 is 2.47 bits per heavy atom. The molecule has 19 heavy (non-hydrogen) atoms. The number of rotatable bonds is 3. The van der Waals surface area contributed by atoms with Crippen LogP contribution in [0.4, 0.5) is 5.69 Å². The molecule has 1 aliphatic rings. The number of thiocarbonyl (C=S) groups is 1. The fraction of sp³-hybridized carbons (Fsp3) is 0.417. The second kappa shape index (κ2) is 5.94.